The van der Waals surface area contributed by atoms with E-state index in [-0.39, 0.29) is 5.82 Å². The van der Waals surface area contributed by atoms with E-state index in [0.717, 1.165) is 11.3 Å². The molecule has 0 amide bonds. The second kappa shape index (κ2) is 6.96. The molecule has 2 nitrogen and oxygen atoms in total. The highest BCUT2D eigenvalue weighted by Crippen LogP contribution is 2.25. The highest BCUT2D eigenvalue weighted by Gasteiger charge is 2.08. The summed E-state index contributed by atoms with van der Waals surface area (Å²) in [6.45, 7) is 4.07. The SMILES string of the molecule is Cc1ccc(N=C(N)SCc2c(F)cccc2Cl)cc1C. The van der Waals surface area contributed by atoms with Gasteiger partial charge in [0.05, 0.1) is 5.69 Å². The van der Waals surface area contributed by atoms with Crippen LogP contribution in [0.3, 0.4) is 0 Å². The van der Waals surface area contributed by atoms with Crippen LogP contribution in [0, 0.1) is 19.7 Å². The van der Waals surface area contributed by atoms with Crippen molar-refractivity contribution in [3.63, 3.8) is 0 Å². The monoisotopic (exact) mass is 322 g/mol. The van der Waals surface area contributed by atoms with Gasteiger partial charge in [-0.3, -0.25) is 0 Å². The first-order valence-electron chi connectivity index (χ1n) is 6.44. The molecule has 0 saturated carbocycles. The Bertz CT molecular complexity index is 666. The van der Waals surface area contributed by atoms with Crippen LogP contribution >= 0.6 is 23.4 Å². The summed E-state index contributed by atoms with van der Waals surface area (Å²) in [5, 5.41) is 0.791. The van der Waals surface area contributed by atoms with Crippen molar-refractivity contribution in [1.29, 1.82) is 0 Å². The Kier molecular flexibility index (Phi) is 5.26. The van der Waals surface area contributed by atoms with Gasteiger partial charge in [0.15, 0.2) is 5.17 Å². The number of hydrogen-bond acceptors (Lipinski definition) is 2. The second-order valence-corrected chi connectivity index (χ2v) is 6.11. The van der Waals surface area contributed by atoms with Gasteiger partial charge in [-0.25, -0.2) is 9.38 Å². The van der Waals surface area contributed by atoms with E-state index in [0.29, 0.717) is 21.5 Å². The summed E-state index contributed by atoms with van der Waals surface area (Å²) in [6, 6.07) is 10.5. The average Bonchev–Trinajstić information content (AvgIpc) is 2.42. The molecule has 0 atom stereocenters. The van der Waals surface area contributed by atoms with Crippen LogP contribution in [0.1, 0.15) is 16.7 Å². The fourth-order valence-corrected chi connectivity index (χ4v) is 2.84. The zero-order valence-electron chi connectivity index (χ0n) is 11.9. The van der Waals surface area contributed by atoms with Crippen molar-refractivity contribution in [1.82, 2.24) is 0 Å². The fourth-order valence-electron chi connectivity index (χ4n) is 1.77. The first-order chi connectivity index (χ1) is 9.97. The van der Waals surface area contributed by atoms with Crippen molar-refractivity contribution >= 4 is 34.2 Å². The van der Waals surface area contributed by atoms with E-state index in [4.69, 9.17) is 17.3 Å². The number of thioether (sulfide) groups is 1. The molecule has 0 aliphatic heterocycles. The molecule has 0 spiro atoms. The smallest absolute Gasteiger partial charge is 0.159 e. The summed E-state index contributed by atoms with van der Waals surface area (Å²) in [6.07, 6.45) is 0. The maximum atomic E-state index is 13.6. The number of halogens is 2. The summed E-state index contributed by atoms with van der Waals surface area (Å²) in [5.41, 5.74) is 9.50. The van der Waals surface area contributed by atoms with Crippen LogP contribution in [-0.4, -0.2) is 5.17 Å². The van der Waals surface area contributed by atoms with Crippen molar-refractivity contribution in [2.45, 2.75) is 19.6 Å². The minimum absolute atomic E-state index is 0.325. The quantitative estimate of drug-likeness (QED) is 0.639. The Morgan fingerprint density at radius 2 is 2.00 bits per heavy atom. The summed E-state index contributed by atoms with van der Waals surface area (Å²) < 4.78 is 13.6. The molecule has 2 N–H and O–H groups in total. The molecule has 110 valence electrons. The number of nitrogens with zero attached hydrogens (tertiary/aromatic N) is 1. The van der Waals surface area contributed by atoms with Crippen LogP contribution in [-0.2, 0) is 5.75 Å². The number of rotatable bonds is 3. The standard InChI is InChI=1S/C16H16ClFN2S/c1-10-6-7-12(8-11(10)2)20-16(19)21-9-13-14(17)4-3-5-15(13)18/h3-8H,9H2,1-2H3,(H2,19,20). The van der Waals surface area contributed by atoms with Gasteiger partial charge >= 0.3 is 0 Å². The van der Waals surface area contributed by atoms with E-state index in [1.807, 2.05) is 32.0 Å². The van der Waals surface area contributed by atoms with Gasteiger partial charge in [0.1, 0.15) is 5.82 Å². The Labute approximate surface area is 133 Å². The van der Waals surface area contributed by atoms with E-state index in [1.54, 1.807) is 12.1 Å². The van der Waals surface area contributed by atoms with Crippen LogP contribution in [0.25, 0.3) is 0 Å². The van der Waals surface area contributed by atoms with Gasteiger partial charge in [0, 0.05) is 16.3 Å². The first kappa shape index (κ1) is 15.9. The van der Waals surface area contributed by atoms with Crippen molar-refractivity contribution in [2.75, 3.05) is 0 Å². The highest BCUT2D eigenvalue weighted by molar-refractivity contribution is 8.13. The average molecular weight is 323 g/mol. The van der Waals surface area contributed by atoms with Crippen LogP contribution in [0.15, 0.2) is 41.4 Å². The Balaban J connectivity index is 2.09. The number of nitrogens with two attached hydrogens (primary N) is 1. The van der Waals surface area contributed by atoms with E-state index >= 15 is 0 Å². The summed E-state index contributed by atoms with van der Waals surface area (Å²) in [4.78, 5) is 4.33. The predicted octanol–water partition coefficient (Wildman–Crippen LogP) is 4.98. The van der Waals surface area contributed by atoms with Crippen LogP contribution in [0.2, 0.25) is 5.02 Å². The minimum Gasteiger partial charge on any atom is -0.378 e. The second-order valence-electron chi connectivity index (χ2n) is 4.71. The molecule has 0 bridgehead atoms. The molecule has 0 aliphatic carbocycles. The van der Waals surface area contributed by atoms with Gasteiger partial charge in [-0.2, -0.15) is 0 Å². The first-order valence-corrected chi connectivity index (χ1v) is 7.81. The molecular formula is C16H16ClFN2S. The molecule has 5 heteroatoms. The Morgan fingerprint density at radius 1 is 1.24 bits per heavy atom. The van der Waals surface area contributed by atoms with Gasteiger partial charge in [-0.15, -0.1) is 0 Å². The fraction of sp³-hybridized carbons (Fsp3) is 0.188. The molecule has 0 radical (unpaired) electrons. The largest absolute Gasteiger partial charge is 0.378 e. The predicted molar refractivity (Wildman–Crippen MR) is 89.9 cm³/mol. The van der Waals surface area contributed by atoms with Crippen LogP contribution < -0.4 is 5.73 Å². The van der Waals surface area contributed by atoms with Gasteiger partial charge in [-0.05, 0) is 49.2 Å². The summed E-state index contributed by atoms with van der Waals surface area (Å²) in [5.74, 6) is 0.0278. The zero-order valence-corrected chi connectivity index (χ0v) is 13.4. The molecule has 0 unspecified atom stereocenters. The molecule has 21 heavy (non-hydrogen) atoms. The number of amidine groups is 1. The van der Waals surface area contributed by atoms with E-state index in [9.17, 15) is 4.39 Å². The zero-order chi connectivity index (χ0) is 15.4. The number of benzene rings is 2. The molecule has 2 aromatic rings. The number of hydrogen-bond donors (Lipinski definition) is 1. The lowest BCUT2D eigenvalue weighted by molar-refractivity contribution is 0.617. The maximum Gasteiger partial charge on any atom is 0.159 e. The lowest BCUT2D eigenvalue weighted by Gasteiger charge is -2.06. The molecule has 0 aliphatic rings. The molecule has 0 saturated heterocycles. The van der Waals surface area contributed by atoms with Crippen LogP contribution in [0.4, 0.5) is 10.1 Å². The normalized spacial score (nSPS) is 11.7. The molecule has 0 heterocycles. The molecule has 2 aromatic carbocycles. The molecule has 0 aromatic heterocycles. The van der Waals surface area contributed by atoms with Crippen LogP contribution in [0.5, 0.6) is 0 Å². The number of aliphatic imine (C=N–C) groups is 1. The Morgan fingerprint density at radius 3 is 2.67 bits per heavy atom. The Hall–Kier alpha value is -1.52. The third kappa shape index (κ3) is 4.22. The van der Waals surface area contributed by atoms with Gasteiger partial charge in [0.25, 0.3) is 0 Å². The molecular weight excluding hydrogens is 307 g/mol. The lowest BCUT2D eigenvalue weighted by Crippen LogP contribution is -2.06. The summed E-state index contributed by atoms with van der Waals surface area (Å²) in [7, 11) is 0. The van der Waals surface area contributed by atoms with E-state index in [1.165, 1.54) is 23.4 Å². The van der Waals surface area contributed by atoms with Gasteiger partial charge < -0.3 is 5.73 Å². The van der Waals surface area contributed by atoms with Crippen molar-refractivity contribution < 1.29 is 4.39 Å². The minimum atomic E-state index is -0.325. The van der Waals surface area contributed by atoms with Gasteiger partial charge in [0.2, 0.25) is 0 Å². The lowest BCUT2D eigenvalue weighted by atomic mass is 10.1. The van der Waals surface area contributed by atoms with Crippen molar-refractivity contribution in [3.05, 3.63) is 63.9 Å². The highest BCUT2D eigenvalue weighted by atomic mass is 35.5. The number of aryl methyl sites for hydroxylation is 2. The van der Waals surface area contributed by atoms with Crippen molar-refractivity contribution in [3.8, 4) is 0 Å². The third-order valence-corrected chi connectivity index (χ3v) is 4.33. The van der Waals surface area contributed by atoms with E-state index < -0.39 is 0 Å². The molecule has 0 fully saturated rings. The summed E-state index contributed by atoms with van der Waals surface area (Å²) >= 11 is 7.24. The van der Waals surface area contributed by atoms with E-state index in [2.05, 4.69) is 4.99 Å². The topological polar surface area (TPSA) is 38.4 Å². The maximum absolute atomic E-state index is 13.6. The van der Waals surface area contributed by atoms with Crippen molar-refractivity contribution in [2.24, 2.45) is 10.7 Å². The van der Waals surface area contributed by atoms with Gasteiger partial charge in [-0.1, -0.05) is 35.5 Å². The third-order valence-electron chi connectivity index (χ3n) is 3.16. The molecule has 2 rings (SSSR count).